The predicted molar refractivity (Wildman–Crippen MR) is 69.0 cm³/mol. The van der Waals surface area contributed by atoms with Crippen LogP contribution in [-0.2, 0) is 17.6 Å². The van der Waals surface area contributed by atoms with Crippen molar-refractivity contribution in [3.63, 3.8) is 0 Å². The van der Waals surface area contributed by atoms with Crippen LogP contribution in [0.5, 0.6) is 0 Å². The topological polar surface area (TPSA) is 29.5 Å². The Kier molecular flexibility index (Phi) is 5.46. The lowest BCUT2D eigenvalue weighted by atomic mass is 9.99. The standard InChI is InChI=1S/C13H22O2S/c1-5-10-6-7-11(16-10)8-12(14)13(15-4)9(2)3/h6-7,9,12-14H,5,8H2,1-4H3. The van der Waals surface area contributed by atoms with E-state index in [4.69, 9.17) is 4.74 Å². The molecule has 2 atom stereocenters. The lowest BCUT2D eigenvalue weighted by Gasteiger charge is -2.24. The minimum Gasteiger partial charge on any atom is -0.390 e. The molecule has 1 aromatic heterocycles. The highest BCUT2D eigenvalue weighted by Gasteiger charge is 2.22. The number of ether oxygens (including phenoxy) is 1. The van der Waals surface area contributed by atoms with E-state index in [1.165, 1.54) is 9.75 Å². The first-order valence-corrected chi connectivity index (χ1v) is 6.68. The number of aliphatic hydroxyl groups is 1. The van der Waals surface area contributed by atoms with Crippen molar-refractivity contribution in [3.05, 3.63) is 21.9 Å². The lowest BCUT2D eigenvalue weighted by Crippen LogP contribution is -2.34. The van der Waals surface area contributed by atoms with Crippen molar-refractivity contribution in [1.82, 2.24) is 0 Å². The van der Waals surface area contributed by atoms with Crippen LogP contribution in [0.2, 0.25) is 0 Å². The highest BCUT2D eigenvalue weighted by molar-refractivity contribution is 7.11. The molecule has 0 amide bonds. The second-order valence-electron chi connectivity index (χ2n) is 4.44. The Labute approximate surface area is 102 Å². The molecule has 2 nitrogen and oxygen atoms in total. The Hall–Kier alpha value is -0.380. The van der Waals surface area contributed by atoms with Gasteiger partial charge in [0, 0.05) is 23.3 Å². The Morgan fingerprint density at radius 3 is 2.38 bits per heavy atom. The molecule has 0 saturated heterocycles. The van der Waals surface area contributed by atoms with Crippen LogP contribution in [0, 0.1) is 5.92 Å². The second-order valence-corrected chi connectivity index (χ2v) is 5.69. The quantitative estimate of drug-likeness (QED) is 0.831. The fourth-order valence-corrected chi connectivity index (χ4v) is 2.93. The molecule has 0 saturated carbocycles. The smallest absolute Gasteiger partial charge is 0.0856 e. The van der Waals surface area contributed by atoms with Gasteiger partial charge in [-0.1, -0.05) is 20.8 Å². The van der Waals surface area contributed by atoms with Gasteiger partial charge in [-0.2, -0.15) is 0 Å². The summed E-state index contributed by atoms with van der Waals surface area (Å²) < 4.78 is 5.33. The minimum atomic E-state index is -0.409. The number of rotatable bonds is 6. The van der Waals surface area contributed by atoms with Gasteiger partial charge in [-0.05, 0) is 24.5 Å². The van der Waals surface area contributed by atoms with E-state index in [1.54, 1.807) is 18.4 Å². The summed E-state index contributed by atoms with van der Waals surface area (Å²) in [7, 11) is 1.67. The van der Waals surface area contributed by atoms with Crippen LogP contribution < -0.4 is 0 Å². The molecule has 0 radical (unpaired) electrons. The average molecular weight is 242 g/mol. The van der Waals surface area contributed by atoms with E-state index in [0.717, 1.165) is 6.42 Å². The fraction of sp³-hybridized carbons (Fsp3) is 0.692. The molecule has 0 fully saturated rings. The largest absolute Gasteiger partial charge is 0.390 e. The summed E-state index contributed by atoms with van der Waals surface area (Å²) in [5, 5.41) is 10.1. The summed E-state index contributed by atoms with van der Waals surface area (Å²) in [6, 6.07) is 4.25. The van der Waals surface area contributed by atoms with Gasteiger partial charge in [-0.3, -0.25) is 0 Å². The summed E-state index contributed by atoms with van der Waals surface area (Å²) in [5.74, 6) is 0.339. The van der Waals surface area contributed by atoms with Crippen molar-refractivity contribution in [3.8, 4) is 0 Å². The van der Waals surface area contributed by atoms with Crippen LogP contribution >= 0.6 is 11.3 Å². The molecule has 3 heteroatoms. The van der Waals surface area contributed by atoms with E-state index in [1.807, 2.05) is 0 Å². The van der Waals surface area contributed by atoms with Gasteiger partial charge in [-0.25, -0.2) is 0 Å². The lowest BCUT2D eigenvalue weighted by molar-refractivity contribution is -0.0364. The zero-order valence-electron chi connectivity index (χ0n) is 10.6. The molecule has 0 bridgehead atoms. The van der Waals surface area contributed by atoms with Crippen molar-refractivity contribution in [2.75, 3.05) is 7.11 Å². The maximum atomic E-state index is 10.1. The van der Waals surface area contributed by atoms with Crippen molar-refractivity contribution < 1.29 is 9.84 Å². The summed E-state index contributed by atoms with van der Waals surface area (Å²) >= 11 is 1.79. The SMILES string of the molecule is CCc1ccc(CC(O)C(OC)C(C)C)s1. The van der Waals surface area contributed by atoms with E-state index in [2.05, 4.69) is 32.9 Å². The normalized spacial score (nSPS) is 15.4. The monoisotopic (exact) mass is 242 g/mol. The van der Waals surface area contributed by atoms with Gasteiger partial charge in [0.25, 0.3) is 0 Å². The number of aliphatic hydroxyl groups excluding tert-OH is 1. The Bertz CT molecular complexity index is 307. The van der Waals surface area contributed by atoms with Crippen LogP contribution in [-0.4, -0.2) is 24.4 Å². The Balaban J connectivity index is 2.58. The van der Waals surface area contributed by atoms with E-state index < -0.39 is 6.10 Å². The van der Waals surface area contributed by atoms with Crippen molar-refractivity contribution in [2.45, 2.75) is 45.8 Å². The van der Waals surface area contributed by atoms with Crippen molar-refractivity contribution in [2.24, 2.45) is 5.92 Å². The predicted octanol–water partition coefficient (Wildman–Crippen LogP) is 2.88. The molecule has 0 aliphatic heterocycles. The molecular formula is C13H22O2S. The third-order valence-corrected chi connectivity index (χ3v) is 4.04. The van der Waals surface area contributed by atoms with Crippen LogP contribution in [0.1, 0.15) is 30.5 Å². The highest BCUT2D eigenvalue weighted by atomic mass is 32.1. The van der Waals surface area contributed by atoms with E-state index >= 15 is 0 Å². The molecule has 92 valence electrons. The zero-order chi connectivity index (χ0) is 12.1. The first-order valence-electron chi connectivity index (χ1n) is 5.86. The molecule has 0 spiro atoms. The van der Waals surface area contributed by atoms with Gasteiger partial charge in [-0.15, -0.1) is 11.3 Å². The van der Waals surface area contributed by atoms with Gasteiger partial charge >= 0.3 is 0 Å². The summed E-state index contributed by atoms with van der Waals surface area (Å²) in [6.45, 7) is 6.30. The number of aryl methyl sites for hydroxylation is 1. The van der Waals surface area contributed by atoms with Crippen LogP contribution in [0.3, 0.4) is 0 Å². The number of methoxy groups -OCH3 is 1. The summed E-state index contributed by atoms with van der Waals surface area (Å²) in [5.41, 5.74) is 0. The fourth-order valence-electron chi connectivity index (χ4n) is 1.92. The van der Waals surface area contributed by atoms with Crippen molar-refractivity contribution in [1.29, 1.82) is 0 Å². The molecule has 1 aromatic rings. The zero-order valence-corrected chi connectivity index (χ0v) is 11.4. The second kappa shape index (κ2) is 6.38. The molecule has 0 aromatic carbocycles. The molecule has 2 unspecified atom stereocenters. The number of hydrogen-bond donors (Lipinski definition) is 1. The summed E-state index contributed by atoms with van der Waals surface area (Å²) in [4.78, 5) is 2.62. The van der Waals surface area contributed by atoms with Gasteiger partial charge in [0.1, 0.15) is 0 Å². The third kappa shape index (κ3) is 3.58. The van der Waals surface area contributed by atoms with Crippen LogP contribution in [0.4, 0.5) is 0 Å². The summed E-state index contributed by atoms with van der Waals surface area (Å²) in [6.07, 6.45) is 1.28. The Morgan fingerprint density at radius 2 is 1.94 bits per heavy atom. The molecule has 0 aliphatic rings. The molecule has 0 aliphatic carbocycles. The highest BCUT2D eigenvalue weighted by Crippen LogP contribution is 2.21. The third-order valence-electron chi connectivity index (χ3n) is 2.78. The Morgan fingerprint density at radius 1 is 1.31 bits per heavy atom. The molecular weight excluding hydrogens is 220 g/mol. The van der Waals surface area contributed by atoms with Gasteiger partial charge < -0.3 is 9.84 Å². The van der Waals surface area contributed by atoms with Crippen LogP contribution in [0.15, 0.2) is 12.1 Å². The van der Waals surface area contributed by atoms with Gasteiger partial charge in [0.2, 0.25) is 0 Å². The van der Waals surface area contributed by atoms with Crippen LogP contribution in [0.25, 0.3) is 0 Å². The van der Waals surface area contributed by atoms with Gasteiger partial charge in [0.05, 0.1) is 12.2 Å². The molecule has 1 N–H and O–H groups in total. The first-order chi connectivity index (χ1) is 7.58. The average Bonchev–Trinajstić information content (AvgIpc) is 2.65. The number of thiophene rings is 1. The first kappa shape index (κ1) is 13.7. The molecule has 1 rings (SSSR count). The van der Waals surface area contributed by atoms with Crippen molar-refractivity contribution >= 4 is 11.3 Å². The van der Waals surface area contributed by atoms with Gasteiger partial charge in [0.15, 0.2) is 0 Å². The molecule has 1 heterocycles. The van der Waals surface area contributed by atoms with E-state index in [0.29, 0.717) is 12.3 Å². The maximum Gasteiger partial charge on any atom is 0.0856 e. The van der Waals surface area contributed by atoms with E-state index in [-0.39, 0.29) is 6.10 Å². The molecule has 16 heavy (non-hydrogen) atoms. The minimum absolute atomic E-state index is 0.0767. The van der Waals surface area contributed by atoms with E-state index in [9.17, 15) is 5.11 Å². The maximum absolute atomic E-state index is 10.1. The number of hydrogen-bond acceptors (Lipinski definition) is 3.